The average molecular weight is 393 g/mol. The molecule has 2 nitrogen and oxygen atoms in total. The zero-order valence-electron chi connectivity index (χ0n) is 18.8. The van der Waals surface area contributed by atoms with Crippen molar-refractivity contribution in [3.05, 3.63) is 71.8 Å². The maximum Gasteiger partial charge on any atom is 0.303 e. The van der Waals surface area contributed by atoms with Crippen molar-refractivity contribution in [3.63, 3.8) is 0 Å². The van der Waals surface area contributed by atoms with Gasteiger partial charge in [0, 0.05) is 28.6 Å². The Morgan fingerprint density at radius 3 is 2.19 bits per heavy atom. The molecular formula is C22H28O2S2. The average Bonchev–Trinajstić information content (AvgIpc) is 2.69. The smallest absolute Gasteiger partial charge is 0.303 e. The van der Waals surface area contributed by atoms with Gasteiger partial charge in [0.2, 0.25) is 0 Å². The van der Waals surface area contributed by atoms with Crippen LogP contribution in [-0.4, -0.2) is 22.1 Å². The third-order valence-corrected chi connectivity index (χ3v) is 6.20. The van der Waals surface area contributed by atoms with E-state index in [1.165, 1.54) is 5.56 Å². The monoisotopic (exact) mass is 392 g/mol. The molecule has 140 valence electrons. The maximum atomic E-state index is 11.1. The molecule has 1 atom stereocenters. The number of hydrogen-bond acceptors (Lipinski definition) is 3. The van der Waals surface area contributed by atoms with Gasteiger partial charge in [0.15, 0.2) is 0 Å². The minimum atomic E-state index is -2.57. The maximum absolute atomic E-state index is 11.1. The second-order valence-electron chi connectivity index (χ2n) is 5.86. The summed E-state index contributed by atoms with van der Waals surface area (Å²) in [6.45, 7) is 0. The first kappa shape index (κ1) is 15.6. The Bertz CT molecular complexity index is 773. The number of aliphatic carboxylic acids is 1. The number of carboxylic acid groups (broad SMARTS) is 1. The van der Waals surface area contributed by atoms with Gasteiger partial charge < -0.3 is 5.11 Å². The third kappa shape index (κ3) is 9.35. The Kier molecular flexibility index (Phi) is 7.75. The van der Waals surface area contributed by atoms with Crippen molar-refractivity contribution >= 4 is 29.5 Å². The fraction of sp³-hybridized carbons (Fsp3) is 0.409. The summed E-state index contributed by atoms with van der Waals surface area (Å²) in [6.07, 6.45) is -4.19. The Balaban J connectivity index is 1.94. The molecule has 1 unspecified atom stereocenters. The number of rotatable bonds is 13. The molecule has 0 bridgehead atoms. The van der Waals surface area contributed by atoms with E-state index in [0.29, 0.717) is 0 Å². The fourth-order valence-corrected chi connectivity index (χ4v) is 4.70. The summed E-state index contributed by atoms with van der Waals surface area (Å²) >= 11 is 3.46. The molecule has 0 radical (unpaired) electrons. The topological polar surface area (TPSA) is 37.3 Å². The van der Waals surface area contributed by atoms with Crippen LogP contribution in [0.25, 0.3) is 0 Å². The van der Waals surface area contributed by atoms with E-state index in [2.05, 4.69) is 12.1 Å². The molecule has 0 fully saturated rings. The predicted octanol–water partition coefficient (Wildman–Crippen LogP) is 6.26. The van der Waals surface area contributed by atoms with Crippen LogP contribution in [0.2, 0.25) is 0 Å². The Labute approximate surface area is 171 Å². The van der Waals surface area contributed by atoms with Gasteiger partial charge in [-0.05, 0) is 36.1 Å². The first-order valence-electron chi connectivity index (χ1n) is 10.7. The van der Waals surface area contributed by atoms with E-state index in [-0.39, 0.29) is 11.7 Å². The third-order valence-electron chi connectivity index (χ3n) is 3.76. The molecule has 1 N–H and O–H groups in total. The van der Waals surface area contributed by atoms with Crippen LogP contribution in [0.4, 0.5) is 0 Å². The second kappa shape index (κ2) is 12.9. The van der Waals surface area contributed by atoms with E-state index in [0.717, 1.165) is 29.2 Å². The summed E-state index contributed by atoms with van der Waals surface area (Å²) in [5.41, 5.74) is 2.41. The van der Waals surface area contributed by atoms with Gasteiger partial charge in [-0.15, -0.1) is 0 Å². The van der Waals surface area contributed by atoms with Crippen molar-refractivity contribution in [2.24, 2.45) is 0 Å². The van der Waals surface area contributed by atoms with Crippen LogP contribution in [0, 0.1) is 0 Å². The van der Waals surface area contributed by atoms with Gasteiger partial charge in [-0.2, -0.15) is 23.5 Å². The Morgan fingerprint density at radius 2 is 1.58 bits per heavy atom. The molecule has 0 amide bonds. The van der Waals surface area contributed by atoms with Crippen LogP contribution < -0.4 is 0 Å². The number of thioether (sulfide) groups is 2. The quantitative estimate of drug-likeness (QED) is 0.408. The van der Waals surface area contributed by atoms with Crippen LogP contribution in [0.1, 0.15) is 48.6 Å². The second-order valence-corrected chi connectivity index (χ2v) is 8.25. The predicted molar refractivity (Wildman–Crippen MR) is 115 cm³/mol. The highest BCUT2D eigenvalue weighted by Crippen LogP contribution is 2.27. The minimum absolute atomic E-state index is 0.0203. The van der Waals surface area contributed by atoms with Crippen molar-refractivity contribution in [2.45, 2.75) is 48.8 Å². The summed E-state index contributed by atoms with van der Waals surface area (Å²) in [7, 11) is 0. The van der Waals surface area contributed by atoms with Gasteiger partial charge in [0.1, 0.15) is 0 Å². The molecule has 2 rings (SSSR count). The molecule has 0 aliphatic rings. The van der Waals surface area contributed by atoms with Gasteiger partial charge in [-0.1, -0.05) is 67.0 Å². The molecule has 2 aromatic rings. The summed E-state index contributed by atoms with van der Waals surface area (Å²) in [4.78, 5) is 11.1. The van der Waals surface area contributed by atoms with Gasteiger partial charge in [0.05, 0.1) is 0 Å². The van der Waals surface area contributed by atoms with Crippen molar-refractivity contribution in [2.75, 3.05) is 5.75 Å². The molecule has 0 aliphatic carbocycles. The molecular weight excluding hydrogens is 360 g/mol. The normalized spacial score (nSPS) is 15.4. The largest absolute Gasteiger partial charge is 0.481 e. The van der Waals surface area contributed by atoms with Crippen molar-refractivity contribution in [1.29, 1.82) is 0 Å². The molecule has 0 aliphatic heterocycles. The van der Waals surface area contributed by atoms with E-state index in [1.807, 2.05) is 48.5 Å². The lowest BCUT2D eigenvalue weighted by molar-refractivity contribution is -0.137. The van der Waals surface area contributed by atoms with Crippen molar-refractivity contribution in [1.82, 2.24) is 0 Å². The molecule has 0 aromatic heterocycles. The highest BCUT2D eigenvalue weighted by molar-refractivity contribution is 7.99. The molecule has 0 saturated carbocycles. The standard InChI is InChI=1S/C22H28O2S2/c23-22(24)14-8-7-13-21(26-18-20-11-5-2-6-12-20)15-16-25-17-19-9-3-1-4-10-19/h1-6,9-12,21H,7-8,13-18H2,(H,23,24)/i7D2,14D2. The van der Waals surface area contributed by atoms with Crippen molar-refractivity contribution in [3.8, 4) is 0 Å². The van der Waals surface area contributed by atoms with E-state index < -0.39 is 25.1 Å². The molecule has 0 heterocycles. The number of hydrogen-bond donors (Lipinski definition) is 1. The number of carbonyl (C=O) groups is 1. The van der Waals surface area contributed by atoms with Gasteiger partial charge >= 0.3 is 5.97 Å². The van der Waals surface area contributed by atoms with Gasteiger partial charge in [0.25, 0.3) is 0 Å². The lowest BCUT2D eigenvalue weighted by Crippen LogP contribution is -2.06. The number of benzene rings is 2. The van der Waals surface area contributed by atoms with Crippen LogP contribution in [0.3, 0.4) is 0 Å². The first-order chi connectivity index (χ1) is 14.2. The summed E-state index contributed by atoms with van der Waals surface area (Å²) in [6, 6.07) is 20.2. The highest BCUT2D eigenvalue weighted by Gasteiger charge is 2.10. The lowest BCUT2D eigenvalue weighted by Gasteiger charge is -2.16. The summed E-state index contributed by atoms with van der Waals surface area (Å²) < 4.78 is 31.7. The van der Waals surface area contributed by atoms with E-state index in [4.69, 9.17) is 10.6 Å². The summed E-state index contributed by atoms with van der Waals surface area (Å²) in [5, 5.41) is 9.00. The van der Waals surface area contributed by atoms with Crippen LogP contribution in [0.15, 0.2) is 60.7 Å². The fourth-order valence-electron chi connectivity index (χ4n) is 2.38. The highest BCUT2D eigenvalue weighted by atomic mass is 32.2. The molecule has 4 heteroatoms. The summed E-state index contributed by atoms with van der Waals surface area (Å²) in [5.74, 6) is 0.893. The van der Waals surface area contributed by atoms with Crippen LogP contribution in [0.5, 0.6) is 0 Å². The van der Waals surface area contributed by atoms with E-state index in [9.17, 15) is 4.79 Å². The zero-order valence-corrected chi connectivity index (χ0v) is 16.4. The Morgan fingerprint density at radius 1 is 0.962 bits per heavy atom. The molecule has 0 spiro atoms. The molecule has 0 saturated heterocycles. The zero-order chi connectivity index (χ0) is 22.0. The molecule has 26 heavy (non-hydrogen) atoms. The lowest BCUT2D eigenvalue weighted by atomic mass is 10.1. The van der Waals surface area contributed by atoms with Gasteiger partial charge in [-0.3, -0.25) is 4.79 Å². The minimum Gasteiger partial charge on any atom is -0.481 e. The van der Waals surface area contributed by atoms with Gasteiger partial charge in [-0.25, -0.2) is 0 Å². The SMILES string of the molecule is [2H]C([2H])(CC(CCSCc1ccccc1)SCc1ccccc1)CC([2H])([2H])C(=O)O. The van der Waals surface area contributed by atoms with Crippen LogP contribution in [-0.2, 0) is 16.3 Å². The van der Waals surface area contributed by atoms with E-state index in [1.54, 1.807) is 23.5 Å². The van der Waals surface area contributed by atoms with Crippen molar-refractivity contribution < 1.29 is 15.4 Å². The number of carboxylic acids is 1. The van der Waals surface area contributed by atoms with Crippen LogP contribution >= 0.6 is 23.5 Å². The van der Waals surface area contributed by atoms with E-state index >= 15 is 0 Å². The molecule has 2 aromatic carbocycles. The Hall–Kier alpha value is -1.39. The first-order valence-corrected chi connectivity index (χ1v) is 10.9.